The molecule has 27 heavy (non-hydrogen) atoms. The van der Waals surface area contributed by atoms with Gasteiger partial charge in [-0.05, 0) is 46.9 Å². The van der Waals surface area contributed by atoms with Crippen LogP contribution in [0.25, 0.3) is 0 Å². The minimum atomic E-state index is -4.40. The van der Waals surface area contributed by atoms with E-state index >= 15 is 0 Å². The first-order chi connectivity index (χ1) is 12.7. The molecule has 0 amide bonds. The number of hydrogen-bond acceptors (Lipinski definition) is 2. The van der Waals surface area contributed by atoms with Gasteiger partial charge in [-0.1, -0.05) is 76.2 Å². The molecule has 0 aliphatic heterocycles. The fourth-order valence-electron chi connectivity index (χ4n) is 3.22. The van der Waals surface area contributed by atoms with Gasteiger partial charge in [0.25, 0.3) is 0 Å². The molecule has 0 unspecified atom stereocenters. The van der Waals surface area contributed by atoms with Crippen LogP contribution in [0.15, 0.2) is 48.5 Å². The highest BCUT2D eigenvalue weighted by Gasteiger charge is 2.17. The maximum absolute atomic E-state index is 10.9. The number of benzene rings is 2. The first-order valence-electron chi connectivity index (χ1n) is 9.57. The molecule has 0 saturated carbocycles. The lowest BCUT2D eigenvalue weighted by atomic mass is 9.85. The van der Waals surface area contributed by atoms with Gasteiger partial charge in [-0.25, -0.2) is 4.57 Å². The number of rotatable bonds is 9. The minimum Gasteiger partial charge on any atom is -0.303 e. The molecular formula is C22H31O4P. The molecule has 0 radical (unpaired) electrons. The van der Waals surface area contributed by atoms with Crippen LogP contribution in [-0.2, 0) is 9.09 Å². The smallest absolute Gasteiger partial charge is 0.303 e. The first-order valence-corrected chi connectivity index (χ1v) is 11.1. The van der Waals surface area contributed by atoms with Crippen molar-refractivity contribution in [3.8, 4) is 0 Å². The van der Waals surface area contributed by atoms with E-state index in [0.717, 1.165) is 6.42 Å². The van der Waals surface area contributed by atoms with Gasteiger partial charge in [0.1, 0.15) is 0 Å². The monoisotopic (exact) mass is 390 g/mol. The van der Waals surface area contributed by atoms with Crippen molar-refractivity contribution in [2.45, 2.75) is 58.3 Å². The summed E-state index contributed by atoms with van der Waals surface area (Å²) in [5.41, 5.74) is 5.04. The molecule has 2 aromatic rings. The molecule has 0 aromatic heterocycles. The summed E-state index contributed by atoms with van der Waals surface area (Å²) in [6.45, 7) is 8.76. The summed E-state index contributed by atoms with van der Waals surface area (Å²) < 4.78 is 15.5. The molecule has 0 fully saturated rings. The predicted octanol–water partition coefficient (Wildman–Crippen LogP) is 5.95. The lowest BCUT2D eigenvalue weighted by molar-refractivity contribution is 0.193. The van der Waals surface area contributed by atoms with Crippen LogP contribution in [0.3, 0.4) is 0 Å². The molecular weight excluding hydrogens is 359 g/mol. The molecule has 148 valence electrons. The third-order valence-corrected chi connectivity index (χ3v) is 5.43. The van der Waals surface area contributed by atoms with E-state index in [2.05, 4.69) is 80.7 Å². The molecule has 2 N–H and O–H groups in total. The summed E-state index contributed by atoms with van der Waals surface area (Å²) in [4.78, 5) is 17.7. The molecule has 0 saturated heterocycles. The van der Waals surface area contributed by atoms with E-state index in [4.69, 9.17) is 9.79 Å². The van der Waals surface area contributed by atoms with Gasteiger partial charge in [0, 0.05) is 5.92 Å². The van der Waals surface area contributed by atoms with Crippen molar-refractivity contribution in [1.29, 1.82) is 0 Å². The molecule has 0 atom stereocenters. The summed E-state index contributed by atoms with van der Waals surface area (Å²) in [7, 11) is -4.40. The van der Waals surface area contributed by atoms with Crippen LogP contribution in [0.2, 0.25) is 0 Å². The van der Waals surface area contributed by atoms with Crippen molar-refractivity contribution in [3.63, 3.8) is 0 Å². The summed E-state index contributed by atoms with van der Waals surface area (Å²) >= 11 is 0. The second-order valence-corrected chi connectivity index (χ2v) is 8.90. The Balaban J connectivity index is 2.20. The molecule has 5 heteroatoms. The summed E-state index contributed by atoms with van der Waals surface area (Å²) in [6, 6.07) is 17.3. The van der Waals surface area contributed by atoms with E-state index in [0.29, 0.717) is 18.3 Å². The normalized spacial score (nSPS) is 12.3. The topological polar surface area (TPSA) is 66.8 Å². The van der Waals surface area contributed by atoms with E-state index < -0.39 is 7.82 Å². The fraction of sp³-hybridized carbons (Fsp3) is 0.455. The second kappa shape index (κ2) is 9.66. The van der Waals surface area contributed by atoms with Gasteiger partial charge < -0.3 is 9.79 Å². The number of phosphoric acid groups is 1. The van der Waals surface area contributed by atoms with Crippen LogP contribution in [0.4, 0.5) is 0 Å². The SMILES string of the molecule is CC(C)c1ccc(C(CCCOP(=O)(O)O)c2ccc(C(C)C)cc2)cc1. The molecule has 4 nitrogen and oxygen atoms in total. The molecule has 0 aliphatic rings. The van der Waals surface area contributed by atoms with Crippen molar-refractivity contribution in [2.24, 2.45) is 0 Å². The van der Waals surface area contributed by atoms with Gasteiger partial charge in [-0.3, -0.25) is 4.52 Å². The lowest BCUT2D eigenvalue weighted by Crippen LogP contribution is -2.04. The largest absolute Gasteiger partial charge is 0.469 e. The average molecular weight is 390 g/mol. The van der Waals surface area contributed by atoms with Gasteiger partial charge in [-0.15, -0.1) is 0 Å². The quantitative estimate of drug-likeness (QED) is 0.410. The predicted molar refractivity (Wildman–Crippen MR) is 110 cm³/mol. The Hall–Kier alpha value is -1.45. The van der Waals surface area contributed by atoms with E-state index in [-0.39, 0.29) is 12.5 Å². The van der Waals surface area contributed by atoms with Crippen LogP contribution in [-0.4, -0.2) is 16.4 Å². The lowest BCUT2D eigenvalue weighted by Gasteiger charge is -2.20. The summed E-state index contributed by atoms with van der Waals surface area (Å²) in [6.07, 6.45) is 1.34. The van der Waals surface area contributed by atoms with Gasteiger partial charge >= 0.3 is 7.82 Å². The molecule has 0 aliphatic carbocycles. The minimum absolute atomic E-state index is 0.0505. The average Bonchev–Trinajstić information content (AvgIpc) is 2.61. The summed E-state index contributed by atoms with van der Waals surface area (Å²) in [5, 5.41) is 0. The van der Waals surface area contributed by atoms with Crippen molar-refractivity contribution in [1.82, 2.24) is 0 Å². The van der Waals surface area contributed by atoms with Gasteiger partial charge in [0.2, 0.25) is 0 Å². The Morgan fingerprint density at radius 2 is 1.15 bits per heavy atom. The molecule has 0 spiro atoms. The Kier molecular flexibility index (Phi) is 7.81. The Labute approximate surface area is 162 Å². The maximum atomic E-state index is 10.9. The van der Waals surface area contributed by atoms with Crippen LogP contribution in [0, 0.1) is 0 Å². The van der Waals surface area contributed by atoms with E-state index in [9.17, 15) is 4.57 Å². The first kappa shape index (κ1) is 21.8. The van der Waals surface area contributed by atoms with Crippen LogP contribution in [0.1, 0.15) is 80.5 Å². The van der Waals surface area contributed by atoms with Crippen LogP contribution >= 0.6 is 7.82 Å². The van der Waals surface area contributed by atoms with Crippen LogP contribution < -0.4 is 0 Å². The zero-order valence-corrected chi connectivity index (χ0v) is 17.5. The number of phosphoric ester groups is 1. The highest BCUT2D eigenvalue weighted by Crippen LogP contribution is 2.37. The zero-order valence-electron chi connectivity index (χ0n) is 16.6. The molecule has 0 heterocycles. The van der Waals surface area contributed by atoms with Crippen molar-refractivity contribution >= 4 is 7.82 Å². The Morgan fingerprint density at radius 1 is 0.778 bits per heavy atom. The van der Waals surface area contributed by atoms with Crippen LogP contribution in [0.5, 0.6) is 0 Å². The third kappa shape index (κ3) is 6.90. The van der Waals surface area contributed by atoms with Crippen molar-refractivity contribution in [3.05, 3.63) is 70.8 Å². The zero-order chi connectivity index (χ0) is 20.0. The molecule has 2 rings (SSSR count). The standard InChI is InChI=1S/C22H31O4P/c1-16(2)18-7-11-20(12-8-18)22(6-5-15-26-27(23,24)25)21-13-9-19(10-14-21)17(3)4/h7-14,16-17,22H,5-6,15H2,1-4H3,(H2,23,24,25). The molecule has 2 aromatic carbocycles. The van der Waals surface area contributed by atoms with E-state index in [1.54, 1.807) is 0 Å². The highest BCUT2D eigenvalue weighted by atomic mass is 31.2. The van der Waals surface area contributed by atoms with Gasteiger partial charge in [0.15, 0.2) is 0 Å². The highest BCUT2D eigenvalue weighted by molar-refractivity contribution is 7.46. The van der Waals surface area contributed by atoms with Crippen molar-refractivity contribution in [2.75, 3.05) is 6.61 Å². The third-order valence-electron chi connectivity index (χ3n) is 4.91. The van der Waals surface area contributed by atoms with Crippen molar-refractivity contribution < 1.29 is 18.9 Å². The number of hydrogen-bond donors (Lipinski definition) is 2. The van der Waals surface area contributed by atoms with Gasteiger partial charge in [-0.2, -0.15) is 0 Å². The summed E-state index contributed by atoms with van der Waals surface area (Å²) in [5.74, 6) is 1.15. The Morgan fingerprint density at radius 3 is 1.48 bits per heavy atom. The van der Waals surface area contributed by atoms with E-state index in [1.807, 2.05) is 0 Å². The Bertz CT molecular complexity index is 693. The molecule has 0 bridgehead atoms. The van der Waals surface area contributed by atoms with Gasteiger partial charge in [0.05, 0.1) is 6.61 Å². The van der Waals surface area contributed by atoms with E-state index in [1.165, 1.54) is 22.3 Å². The fourth-order valence-corrected chi connectivity index (χ4v) is 3.59. The maximum Gasteiger partial charge on any atom is 0.469 e. The second-order valence-electron chi connectivity index (χ2n) is 7.66.